The summed E-state index contributed by atoms with van der Waals surface area (Å²) in [5.41, 5.74) is 6.38. The Kier molecular flexibility index (Phi) is 2.61. The molecule has 0 aromatic heterocycles. The zero-order valence-electron chi connectivity index (χ0n) is 8.76. The molecule has 1 aliphatic carbocycles. The molecule has 2 rings (SSSR count). The van der Waals surface area contributed by atoms with Crippen LogP contribution >= 0.6 is 0 Å². The average Bonchev–Trinajstić information content (AvgIpc) is 2.44. The molecule has 2 aliphatic rings. The van der Waals surface area contributed by atoms with Crippen LogP contribution in [0.1, 0.15) is 39.0 Å². The Morgan fingerprint density at radius 3 is 2.54 bits per heavy atom. The molecular weight excluding hydrogens is 160 g/mol. The Balaban J connectivity index is 1.88. The molecule has 0 radical (unpaired) electrons. The fraction of sp³-hybridized carbons (Fsp3) is 1.00. The summed E-state index contributed by atoms with van der Waals surface area (Å²) in [6.07, 6.45) is 6.92. The summed E-state index contributed by atoms with van der Waals surface area (Å²) in [6.45, 7) is 5.83. The molecule has 1 atom stereocenters. The van der Waals surface area contributed by atoms with Crippen LogP contribution in [0.15, 0.2) is 0 Å². The van der Waals surface area contributed by atoms with E-state index in [2.05, 4.69) is 11.8 Å². The van der Waals surface area contributed by atoms with Gasteiger partial charge in [0, 0.05) is 12.6 Å². The van der Waals surface area contributed by atoms with Crippen molar-refractivity contribution in [3.63, 3.8) is 0 Å². The smallest absolute Gasteiger partial charge is 0.00676 e. The molecule has 2 N–H and O–H groups in total. The van der Waals surface area contributed by atoms with Gasteiger partial charge in [-0.1, -0.05) is 6.42 Å². The number of nitrogens with two attached hydrogens (primary N) is 1. The number of hydrogen-bond donors (Lipinski definition) is 1. The second-order valence-electron chi connectivity index (χ2n) is 5.02. The van der Waals surface area contributed by atoms with Crippen LogP contribution < -0.4 is 5.73 Å². The lowest BCUT2D eigenvalue weighted by Crippen LogP contribution is -2.47. The van der Waals surface area contributed by atoms with Crippen molar-refractivity contribution < 1.29 is 0 Å². The van der Waals surface area contributed by atoms with Crippen molar-refractivity contribution in [2.75, 3.05) is 19.6 Å². The largest absolute Gasteiger partial charge is 0.330 e. The third-order valence-corrected chi connectivity index (χ3v) is 4.08. The maximum absolute atomic E-state index is 5.87. The highest BCUT2D eigenvalue weighted by atomic mass is 15.2. The number of likely N-dealkylation sites (tertiary alicyclic amines) is 1. The van der Waals surface area contributed by atoms with Gasteiger partial charge in [-0.05, 0) is 51.1 Å². The number of rotatable bonds is 3. The summed E-state index contributed by atoms with van der Waals surface area (Å²) in [4.78, 5) is 2.64. The molecule has 2 fully saturated rings. The molecule has 0 aromatic rings. The topological polar surface area (TPSA) is 29.3 Å². The van der Waals surface area contributed by atoms with Crippen molar-refractivity contribution in [1.29, 1.82) is 0 Å². The molecule has 0 aromatic carbocycles. The molecule has 1 aliphatic heterocycles. The first-order chi connectivity index (χ1) is 6.26. The highest BCUT2D eigenvalue weighted by molar-refractivity contribution is 4.93. The highest BCUT2D eigenvalue weighted by Gasteiger charge is 2.38. The third-order valence-electron chi connectivity index (χ3n) is 4.08. The van der Waals surface area contributed by atoms with E-state index in [1.807, 2.05) is 0 Å². The van der Waals surface area contributed by atoms with Crippen molar-refractivity contribution in [3.8, 4) is 0 Å². The second kappa shape index (κ2) is 3.58. The Bertz CT molecular complexity index is 169. The highest BCUT2D eigenvalue weighted by Crippen LogP contribution is 2.41. The van der Waals surface area contributed by atoms with Crippen LogP contribution in [0, 0.1) is 5.41 Å². The van der Waals surface area contributed by atoms with Crippen LogP contribution in [0.3, 0.4) is 0 Å². The van der Waals surface area contributed by atoms with Gasteiger partial charge < -0.3 is 10.6 Å². The molecule has 1 saturated heterocycles. The van der Waals surface area contributed by atoms with Crippen molar-refractivity contribution >= 4 is 0 Å². The normalized spacial score (nSPS) is 33.2. The summed E-state index contributed by atoms with van der Waals surface area (Å²) in [5.74, 6) is 0. The van der Waals surface area contributed by atoms with Crippen LogP contribution in [0.4, 0.5) is 0 Å². The summed E-state index contributed by atoms with van der Waals surface area (Å²) in [7, 11) is 0. The Morgan fingerprint density at radius 2 is 2.15 bits per heavy atom. The van der Waals surface area contributed by atoms with E-state index < -0.39 is 0 Å². The van der Waals surface area contributed by atoms with Gasteiger partial charge in [0.2, 0.25) is 0 Å². The maximum atomic E-state index is 5.87. The van der Waals surface area contributed by atoms with Crippen molar-refractivity contribution in [2.24, 2.45) is 11.1 Å². The first-order valence-electron chi connectivity index (χ1n) is 5.70. The summed E-state index contributed by atoms with van der Waals surface area (Å²) in [5, 5.41) is 0. The van der Waals surface area contributed by atoms with Crippen LogP contribution in [-0.2, 0) is 0 Å². The molecular formula is C11H22N2. The minimum absolute atomic E-state index is 0.512. The molecule has 76 valence electrons. The first kappa shape index (κ1) is 9.47. The quantitative estimate of drug-likeness (QED) is 0.718. The van der Waals surface area contributed by atoms with Gasteiger partial charge in [-0.2, -0.15) is 0 Å². The Morgan fingerprint density at radius 1 is 1.38 bits per heavy atom. The zero-order chi connectivity index (χ0) is 9.31. The minimum Gasteiger partial charge on any atom is -0.330 e. The van der Waals surface area contributed by atoms with Crippen LogP contribution in [0.5, 0.6) is 0 Å². The van der Waals surface area contributed by atoms with Crippen molar-refractivity contribution in [3.05, 3.63) is 0 Å². The lowest BCUT2D eigenvalue weighted by molar-refractivity contribution is 0.0717. The molecule has 2 nitrogen and oxygen atoms in total. The molecule has 1 heterocycles. The van der Waals surface area contributed by atoms with E-state index in [9.17, 15) is 0 Å². The van der Waals surface area contributed by atoms with Gasteiger partial charge in [-0.3, -0.25) is 0 Å². The summed E-state index contributed by atoms with van der Waals surface area (Å²) in [6, 6.07) is 0.809. The predicted octanol–water partition coefficient (Wildman–Crippen LogP) is 1.60. The molecule has 0 bridgehead atoms. The van der Waals surface area contributed by atoms with E-state index in [1.54, 1.807) is 0 Å². The molecule has 2 heteroatoms. The Hall–Kier alpha value is -0.0800. The lowest BCUT2D eigenvalue weighted by Gasteiger charge is -2.44. The predicted molar refractivity (Wildman–Crippen MR) is 55.6 cm³/mol. The van der Waals surface area contributed by atoms with E-state index in [0.717, 1.165) is 12.6 Å². The van der Waals surface area contributed by atoms with Gasteiger partial charge in [0.25, 0.3) is 0 Å². The van der Waals surface area contributed by atoms with Gasteiger partial charge in [0.1, 0.15) is 0 Å². The van der Waals surface area contributed by atoms with E-state index in [4.69, 9.17) is 5.73 Å². The average molecular weight is 182 g/mol. The van der Waals surface area contributed by atoms with E-state index in [1.165, 1.54) is 45.2 Å². The summed E-state index contributed by atoms with van der Waals surface area (Å²) < 4.78 is 0. The van der Waals surface area contributed by atoms with Gasteiger partial charge in [0.15, 0.2) is 0 Å². The standard InChI is InChI=1S/C11H22N2/c1-10-4-2-7-13(10)9-11(8-12)5-3-6-11/h10H,2-9,12H2,1H3. The third kappa shape index (κ3) is 1.75. The maximum Gasteiger partial charge on any atom is 0.00676 e. The first-order valence-corrected chi connectivity index (χ1v) is 5.70. The molecule has 1 unspecified atom stereocenters. The zero-order valence-corrected chi connectivity index (χ0v) is 8.76. The fourth-order valence-corrected chi connectivity index (χ4v) is 2.76. The van der Waals surface area contributed by atoms with E-state index in [-0.39, 0.29) is 0 Å². The minimum atomic E-state index is 0.512. The second-order valence-corrected chi connectivity index (χ2v) is 5.02. The van der Waals surface area contributed by atoms with Gasteiger partial charge in [0.05, 0.1) is 0 Å². The van der Waals surface area contributed by atoms with Gasteiger partial charge in [-0.15, -0.1) is 0 Å². The number of hydrogen-bond acceptors (Lipinski definition) is 2. The Labute approximate surface area is 81.5 Å². The van der Waals surface area contributed by atoms with E-state index >= 15 is 0 Å². The van der Waals surface area contributed by atoms with Crippen LogP contribution in [-0.4, -0.2) is 30.6 Å². The van der Waals surface area contributed by atoms with Crippen LogP contribution in [0.25, 0.3) is 0 Å². The summed E-state index contributed by atoms with van der Waals surface area (Å²) >= 11 is 0. The van der Waals surface area contributed by atoms with Crippen LogP contribution in [0.2, 0.25) is 0 Å². The lowest BCUT2D eigenvalue weighted by atomic mass is 9.68. The monoisotopic (exact) mass is 182 g/mol. The fourth-order valence-electron chi connectivity index (χ4n) is 2.76. The molecule has 13 heavy (non-hydrogen) atoms. The van der Waals surface area contributed by atoms with Gasteiger partial charge in [-0.25, -0.2) is 0 Å². The van der Waals surface area contributed by atoms with Crippen molar-refractivity contribution in [2.45, 2.75) is 45.1 Å². The SMILES string of the molecule is CC1CCCN1CC1(CN)CCC1. The van der Waals surface area contributed by atoms with Gasteiger partial charge >= 0.3 is 0 Å². The van der Waals surface area contributed by atoms with Crippen molar-refractivity contribution in [1.82, 2.24) is 4.90 Å². The molecule has 1 saturated carbocycles. The molecule has 0 spiro atoms. The molecule has 0 amide bonds. The number of nitrogens with zero attached hydrogens (tertiary/aromatic N) is 1. The van der Waals surface area contributed by atoms with E-state index in [0.29, 0.717) is 5.41 Å².